The Morgan fingerprint density at radius 1 is 1.54 bits per heavy atom. The van der Waals surface area contributed by atoms with Gasteiger partial charge in [-0.3, -0.25) is 0 Å². The minimum absolute atomic E-state index is 0.274. The molecular weight excluding hydrogens is 166 g/mol. The van der Waals surface area contributed by atoms with Gasteiger partial charge in [0.05, 0.1) is 6.54 Å². The van der Waals surface area contributed by atoms with Gasteiger partial charge in [-0.15, -0.1) is 0 Å². The lowest BCUT2D eigenvalue weighted by molar-refractivity contribution is 0.281. The predicted octanol–water partition coefficient (Wildman–Crippen LogP) is 0.375. The molecule has 0 amide bonds. The molecule has 0 unspecified atom stereocenters. The van der Waals surface area contributed by atoms with Gasteiger partial charge in [0.15, 0.2) is 0 Å². The van der Waals surface area contributed by atoms with Crippen molar-refractivity contribution in [2.75, 3.05) is 13.7 Å². The fourth-order valence-corrected chi connectivity index (χ4v) is 1.26. The van der Waals surface area contributed by atoms with Crippen molar-refractivity contribution < 1.29 is 5.11 Å². The topological polar surface area (TPSA) is 50.1 Å². The highest BCUT2D eigenvalue weighted by Crippen LogP contribution is 2.00. The summed E-state index contributed by atoms with van der Waals surface area (Å²) in [7, 11) is 1.91. The number of aromatic nitrogens is 2. The molecule has 2 N–H and O–H groups in total. The second kappa shape index (κ2) is 5.72. The molecule has 0 atom stereocenters. The van der Waals surface area contributed by atoms with E-state index < -0.39 is 0 Å². The highest BCUT2D eigenvalue weighted by molar-refractivity contribution is 4.91. The maximum absolute atomic E-state index is 8.63. The second-order valence-corrected chi connectivity index (χ2v) is 3.00. The number of aliphatic hydroxyl groups excluding tert-OH is 1. The monoisotopic (exact) mass is 183 g/mol. The van der Waals surface area contributed by atoms with E-state index in [4.69, 9.17) is 5.11 Å². The third-order valence-electron chi connectivity index (χ3n) is 1.94. The summed E-state index contributed by atoms with van der Waals surface area (Å²) < 4.78 is 2.12. The van der Waals surface area contributed by atoms with E-state index in [2.05, 4.69) is 14.9 Å². The van der Waals surface area contributed by atoms with E-state index >= 15 is 0 Å². The molecule has 0 saturated carbocycles. The van der Waals surface area contributed by atoms with Crippen molar-refractivity contribution in [3.8, 4) is 0 Å². The standard InChI is InChI=1S/C9H17N3O/c1-10-8-9-11-4-6-12(9)5-2-3-7-13/h4,6,10,13H,2-3,5,7-8H2,1H3. The summed E-state index contributed by atoms with van der Waals surface area (Å²) in [5.74, 6) is 1.06. The van der Waals surface area contributed by atoms with Gasteiger partial charge in [0.25, 0.3) is 0 Å². The summed E-state index contributed by atoms with van der Waals surface area (Å²) >= 11 is 0. The molecule has 1 rings (SSSR count). The van der Waals surface area contributed by atoms with Gasteiger partial charge in [0, 0.05) is 25.5 Å². The Labute approximate surface area is 78.6 Å². The van der Waals surface area contributed by atoms with E-state index in [9.17, 15) is 0 Å². The molecular formula is C9H17N3O. The Balaban J connectivity index is 2.40. The first kappa shape index (κ1) is 10.2. The number of nitrogens with one attached hydrogen (secondary N) is 1. The molecule has 1 aromatic heterocycles. The van der Waals surface area contributed by atoms with E-state index in [-0.39, 0.29) is 6.61 Å². The van der Waals surface area contributed by atoms with Crippen molar-refractivity contribution in [2.24, 2.45) is 0 Å². The Kier molecular flexibility index (Phi) is 4.49. The van der Waals surface area contributed by atoms with Crippen LogP contribution in [0.3, 0.4) is 0 Å². The van der Waals surface area contributed by atoms with Gasteiger partial charge < -0.3 is 15.0 Å². The van der Waals surface area contributed by atoms with Crippen molar-refractivity contribution in [3.05, 3.63) is 18.2 Å². The van der Waals surface area contributed by atoms with E-state index in [1.165, 1.54) is 0 Å². The highest BCUT2D eigenvalue weighted by atomic mass is 16.2. The normalized spacial score (nSPS) is 10.6. The smallest absolute Gasteiger partial charge is 0.122 e. The molecule has 74 valence electrons. The lowest BCUT2D eigenvalue weighted by Gasteiger charge is -2.06. The zero-order valence-electron chi connectivity index (χ0n) is 8.03. The Hall–Kier alpha value is -0.870. The maximum atomic E-state index is 8.63. The van der Waals surface area contributed by atoms with Crippen LogP contribution in [0.25, 0.3) is 0 Å². The van der Waals surface area contributed by atoms with Crippen molar-refractivity contribution in [2.45, 2.75) is 25.9 Å². The van der Waals surface area contributed by atoms with Gasteiger partial charge >= 0.3 is 0 Å². The maximum Gasteiger partial charge on any atom is 0.122 e. The molecule has 0 spiro atoms. The van der Waals surface area contributed by atoms with Crippen LogP contribution < -0.4 is 5.32 Å². The van der Waals surface area contributed by atoms with Gasteiger partial charge in [0.1, 0.15) is 5.82 Å². The summed E-state index contributed by atoms with van der Waals surface area (Å²) in [6, 6.07) is 0. The predicted molar refractivity (Wildman–Crippen MR) is 51.3 cm³/mol. The van der Waals surface area contributed by atoms with E-state index in [0.717, 1.165) is 31.8 Å². The van der Waals surface area contributed by atoms with E-state index in [1.54, 1.807) is 0 Å². The lowest BCUT2D eigenvalue weighted by Crippen LogP contribution is -2.12. The zero-order valence-corrected chi connectivity index (χ0v) is 8.03. The SMILES string of the molecule is CNCc1nccn1CCCCO. The summed E-state index contributed by atoms with van der Waals surface area (Å²) in [5, 5.41) is 11.7. The number of unbranched alkanes of at least 4 members (excludes halogenated alkanes) is 1. The molecule has 0 aliphatic rings. The van der Waals surface area contributed by atoms with Gasteiger partial charge in [-0.1, -0.05) is 0 Å². The molecule has 13 heavy (non-hydrogen) atoms. The molecule has 0 saturated heterocycles. The van der Waals surface area contributed by atoms with Crippen LogP contribution in [0.2, 0.25) is 0 Å². The summed E-state index contributed by atoms with van der Waals surface area (Å²) in [6.07, 6.45) is 5.65. The van der Waals surface area contributed by atoms with Crippen LogP contribution >= 0.6 is 0 Å². The summed E-state index contributed by atoms with van der Waals surface area (Å²) in [6.45, 7) is 2.01. The third-order valence-corrected chi connectivity index (χ3v) is 1.94. The van der Waals surface area contributed by atoms with Crippen molar-refractivity contribution in [1.82, 2.24) is 14.9 Å². The number of aliphatic hydroxyl groups is 1. The number of hydrogen-bond acceptors (Lipinski definition) is 3. The van der Waals surface area contributed by atoms with Crippen LogP contribution in [0.15, 0.2) is 12.4 Å². The molecule has 0 aliphatic heterocycles. The second-order valence-electron chi connectivity index (χ2n) is 3.00. The third kappa shape index (κ3) is 3.16. The van der Waals surface area contributed by atoms with Gasteiger partial charge in [-0.05, 0) is 19.9 Å². The molecule has 0 aromatic carbocycles. The fourth-order valence-electron chi connectivity index (χ4n) is 1.26. The number of nitrogens with zero attached hydrogens (tertiary/aromatic N) is 2. The molecule has 1 heterocycles. The molecule has 0 radical (unpaired) electrons. The average Bonchev–Trinajstić information content (AvgIpc) is 2.54. The highest BCUT2D eigenvalue weighted by Gasteiger charge is 1.99. The van der Waals surface area contributed by atoms with Gasteiger partial charge in [-0.25, -0.2) is 4.98 Å². The number of imidazole rings is 1. The van der Waals surface area contributed by atoms with Crippen LogP contribution in [0, 0.1) is 0 Å². The van der Waals surface area contributed by atoms with Crippen molar-refractivity contribution in [1.29, 1.82) is 0 Å². The molecule has 0 aliphatic carbocycles. The van der Waals surface area contributed by atoms with Crippen LogP contribution in [-0.4, -0.2) is 28.3 Å². The Bertz CT molecular complexity index is 235. The van der Waals surface area contributed by atoms with Crippen LogP contribution in [-0.2, 0) is 13.1 Å². The van der Waals surface area contributed by atoms with Crippen LogP contribution in [0.5, 0.6) is 0 Å². The summed E-state index contributed by atoms with van der Waals surface area (Å²) in [5.41, 5.74) is 0. The first-order chi connectivity index (χ1) is 6.38. The zero-order chi connectivity index (χ0) is 9.52. The summed E-state index contributed by atoms with van der Waals surface area (Å²) in [4.78, 5) is 4.22. The minimum atomic E-state index is 0.274. The van der Waals surface area contributed by atoms with Crippen LogP contribution in [0.1, 0.15) is 18.7 Å². The van der Waals surface area contributed by atoms with Gasteiger partial charge in [0.2, 0.25) is 0 Å². The largest absolute Gasteiger partial charge is 0.396 e. The minimum Gasteiger partial charge on any atom is -0.396 e. The first-order valence-corrected chi connectivity index (χ1v) is 4.64. The van der Waals surface area contributed by atoms with Crippen molar-refractivity contribution >= 4 is 0 Å². The average molecular weight is 183 g/mol. The van der Waals surface area contributed by atoms with Crippen molar-refractivity contribution in [3.63, 3.8) is 0 Å². The first-order valence-electron chi connectivity index (χ1n) is 4.64. The lowest BCUT2D eigenvalue weighted by atomic mass is 10.3. The number of rotatable bonds is 6. The number of hydrogen-bond donors (Lipinski definition) is 2. The Morgan fingerprint density at radius 2 is 2.38 bits per heavy atom. The molecule has 4 heteroatoms. The quantitative estimate of drug-likeness (QED) is 0.627. The van der Waals surface area contributed by atoms with E-state index in [1.807, 2.05) is 19.4 Å². The molecule has 1 aromatic rings. The fraction of sp³-hybridized carbons (Fsp3) is 0.667. The molecule has 0 fully saturated rings. The van der Waals surface area contributed by atoms with Gasteiger partial charge in [-0.2, -0.15) is 0 Å². The number of aryl methyl sites for hydroxylation is 1. The molecule has 0 bridgehead atoms. The van der Waals surface area contributed by atoms with E-state index in [0.29, 0.717) is 0 Å². The Morgan fingerprint density at radius 3 is 3.08 bits per heavy atom. The van der Waals surface area contributed by atoms with Crippen LogP contribution in [0.4, 0.5) is 0 Å². The molecule has 4 nitrogen and oxygen atoms in total.